The van der Waals surface area contributed by atoms with Gasteiger partial charge in [0.1, 0.15) is 0 Å². The topological polar surface area (TPSA) is 80.4 Å². The van der Waals surface area contributed by atoms with Crippen LogP contribution in [0.4, 0.5) is 35.1 Å². The highest BCUT2D eigenvalue weighted by molar-refractivity contribution is 7.86. The Hall–Kier alpha value is -0.950. The fourth-order valence-electron chi connectivity index (χ4n) is 0.680. The van der Waals surface area contributed by atoms with Crippen LogP contribution in [0.5, 0.6) is 0 Å². The molecule has 0 aromatic rings. The van der Waals surface area contributed by atoms with Gasteiger partial charge in [0, 0.05) is 6.54 Å². The molecular formula is C8H11F8NO3S. The third-order valence-electron chi connectivity index (χ3n) is 1.73. The maximum atomic E-state index is 12.5. The summed E-state index contributed by atoms with van der Waals surface area (Å²) in [4.78, 5) is 0. The van der Waals surface area contributed by atoms with Crippen molar-refractivity contribution < 1.29 is 48.1 Å². The Labute approximate surface area is 114 Å². The molecule has 0 saturated carbocycles. The zero-order valence-corrected chi connectivity index (χ0v) is 10.8. The number of nitrogens with two attached hydrogens (primary N) is 1. The van der Waals surface area contributed by atoms with Gasteiger partial charge in [-0.1, -0.05) is 6.08 Å². The van der Waals surface area contributed by atoms with Gasteiger partial charge in [0.15, 0.2) is 0 Å². The van der Waals surface area contributed by atoms with E-state index in [2.05, 4.69) is 6.58 Å². The zero-order chi connectivity index (χ0) is 17.6. The highest BCUT2D eigenvalue weighted by Gasteiger charge is 2.71. The van der Waals surface area contributed by atoms with E-state index in [0.717, 1.165) is 0 Å². The molecule has 0 bridgehead atoms. The summed E-state index contributed by atoms with van der Waals surface area (Å²) in [7, 11) is -6.31. The molecule has 128 valence electrons. The van der Waals surface area contributed by atoms with Gasteiger partial charge in [-0.15, -0.1) is 6.58 Å². The first-order chi connectivity index (χ1) is 9.17. The molecule has 0 rings (SSSR count). The van der Waals surface area contributed by atoms with Gasteiger partial charge in [0.05, 0.1) is 0 Å². The number of hydrogen-bond donors (Lipinski definition) is 2. The van der Waals surface area contributed by atoms with E-state index in [-0.39, 0.29) is 0 Å². The first-order valence-electron chi connectivity index (χ1n) is 4.77. The van der Waals surface area contributed by atoms with E-state index in [1.807, 2.05) is 0 Å². The van der Waals surface area contributed by atoms with Crippen LogP contribution in [0, 0.1) is 0 Å². The van der Waals surface area contributed by atoms with Gasteiger partial charge < -0.3 is 5.73 Å². The predicted octanol–water partition coefficient (Wildman–Crippen LogP) is 2.17. The molecule has 0 aromatic heterocycles. The van der Waals surface area contributed by atoms with Crippen LogP contribution in [0.25, 0.3) is 0 Å². The fourth-order valence-corrected chi connectivity index (χ4v) is 1.21. The van der Waals surface area contributed by atoms with Crippen molar-refractivity contribution in [3.8, 4) is 0 Å². The molecule has 0 aliphatic heterocycles. The van der Waals surface area contributed by atoms with Crippen LogP contribution in [0.3, 0.4) is 0 Å². The van der Waals surface area contributed by atoms with Crippen molar-refractivity contribution in [3.05, 3.63) is 12.7 Å². The van der Waals surface area contributed by atoms with Crippen molar-refractivity contribution in [3.63, 3.8) is 0 Å². The fraction of sp³-hybridized carbons (Fsp3) is 0.750. The highest BCUT2D eigenvalue weighted by atomic mass is 32.2. The molecule has 13 heteroatoms. The molecule has 0 aliphatic rings. The van der Waals surface area contributed by atoms with E-state index in [9.17, 15) is 43.5 Å². The van der Waals surface area contributed by atoms with Crippen LogP contribution in [0.1, 0.15) is 0 Å². The molecule has 0 fully saturated rings. The number of alkyl halides is 8. The van der Waals surface area contributed by atoms with E-state index in [1.165, 1.54) is 0 Å². The van der Waals surface area contributed by atoms with E-state index in [4.69, 9.17) is 10.3 Å². The second kappa shape index (κ2) is 7.89. The third-order valence-corrected chi connectivity index (χ3v) is 2.54. The van der Waals surface area contributed by atoms with Gasteiger partial charge in [0.2, 0.25) is 6.17 Å². The molecule has 0 radical (unpaired) electrons. The van der Waals surface area contributed by atoms with Gasteiger partial charge in [-0.05, 0) is 0 Å². The smallest absolute Gasteiger partial charge is 0.327 e. The number of hydrogen-bond acceptors (Lipinski definition) is 3. The van der Waals surface area contributed by atoms with Crippen molar-refractivity contribution in [2.75, 3.05) is 6.54 Å². The molecule has 0 aliphatic carbocycles. The van der Waals surface area contributed by atoms with Crippen LogP contribution < -0.4 is 5.73 Å². The van der Waals surface area contributed by atoms with E-state index in [1.54, 1.807) is 6.08 Å². The van der Waals surface area contributed by atoms with Gasteiger partial charge in [-0.25, -0.2) is 17.6 Å². The lowest BCUT2D eigenvalue weighted by Gasteiger charge is -2.29. The van der Waals surface area contributed by atoms with Crippen molar-refractivity contribution in [1.29, 1.82) is 0 Å². The summed E-state index contributed by atoms with van der Waals surface area (Å²) in [6.45, 7) is 3.94. The quantitative estimate of drug-likeness (QED) is 0.436. The minimum Gasteiger partial charge on any atom is -0.327 e. The van der Waals surface area contributed by atoms with Crippen molar-refractivity contribution in [1.82, 2.24) is 0 Å². The summed E-state index contributed by atoms with van der Waals surface area (Å²) in [6, 6.07) is 0. The first-order valence-corrected chi connectivity index (χ1v) is 6.27. The highest BCUT2D eigenvalue weighted by Crippen LogP contribution is 2.44. The van der Waals surface area contributed by atoms with Crippen LogP contribution in [0.15, 0.2) is 12.7 Å². The molecule has 0 spiro atoms. The molecule has 0 saturated heterocycles. The third kappa shape index (κ3) is 5.74. The Morgan fingerprint density at radius 1 is 1.10 bits per heavy atom. The monoisotopic (exact) mass is 353 g/mol. The summed E-state index contributed by atoms with van der Waals surface area (Å²) >= 11 is 0. The molecule has 0 aromatic carbocycles. The van der Waals surface area contributed by atoms with Crippen molar-refractivity contribution >= 4 is 10.1 Å². The van der Waals surface area contributed by atoms with Gasteiger partial charge in [0.25, 0.3) is 11.9 Å². The molecule has 2 unspecified atom stereocenters. The van der Waals surface area contributed by atoms with E-state index in [0.29, 0.717) is 6.54 Å². The lowest BCUT2D eigenvalue weighted by molar-refractivity contribution is -0.268. The average molecular weight is 353 g/mol. The van der Waals surface area contributed by atoms with Crippen LogP contribution in [0.2, 0.25) is 0 Å². The van der Waals surface area contributed by atoms with Crippen molar-refractivity contribution in [2.45, 2.75) is 29.9 Å². The van der Waals surface area contributed by atoms with E-state index < -0.39 is 40.1 Å². The summed E-state index contributed by atoms with van der Waals surface area (Å²) < 4.78 is 125. The predicted molar refractivity (Wildman–Crippen MR) is 56.5 cm³/mol. The Kier molecular flexibility index (Phi) is 8.39. The van der Waals surface area contributed by atoms with Gasteiger partial charge in [-0.2, -0.15) is 26.0 Å². The molecule has 4 nitrogen and oxygen atoms in total. The van der Waals surface area contributed by atoms with Crippen LogP contribution in [-0.2, 0) is 10.1 Å². The Morgan fingerprint density at radius 3 is 1.62 bits per heavy atom. The minimum atomic E-state index is -6.35. The minimum absolute atomic E-state index is 0.583. The normalized spacial score (nSPS) is 16.0. The summed E-state index contributed by atoms with van der Waals surface area (Å²) in [5, 5.41) is 0. The van der Waals surface area contributed by atoms with Crippen molar-refractivity contribution in [2.24, 2.45) is 5.73 Å². The van der Waals surface area contributed by atoms with Crippen LogP contribution >= 0.6 is 0 Å². The second-order valence-electron chi connectivity index (χ2n) is 3.34. The summed E-state index contributed by atoms with van der Waals surface area (Å²) in [5.41, 5.74) is -0.0190. The first kappa shape index (κ1) is 22.3. The average Bonchev–Trinajstić information content (AvgIpc) is 2.35. The molecule has 0 amide bonds. The maximum Gasteiger partial charge on any atom is 0.360 e. The lowest BCUT2D eigenvalue weighted by atomic mass is 10.1. The SMILES string of the molecule is C=CCN.O=S(=O)(O)C(F)C(F)(F)C(F)(F)C(F)C(F)F. The standard InChI is InChI=1S/C5H4F8O3S.C3H7N/c6-1(2(7)8)4(10,11)5(12,13)3(9)17(14,15)16;1-2-3-4/h1-3H,(H,14,15,16);2H,1,3-4H2. The number of halogens is 8. The summed E-state index contributed by atoms with van der Waals surface area (Å²) in [6.07, 6.45) is -7.73. The van der Waals surface area contributed by atoms with Gasteiger partial charge >= 0.3 is 22.0 Å². The maximum absolute atomic E-state index is 12.5. The Morgan fingerprint density at radius 2 is 1.43 bits per heavy atom. The van der Waals surface area contributed by atoms with Crippen LogP contribution in [-0.4, -0.2) is 49.5 Å². The van der Waals surface area contributed by atoms with Gasteiger partial charge in [-0.3, -0.25) is 4.55 Å². The second-order valence-corrected chi connectivity index (χ2v) is 4.78. The molecule has 21 heavy (non-hydrogen) atoms. The summed E-state index contributed by atoms with van der Waals surface area (Å²) in [5.74, 6) is -12.7. The molecular weight excluding hydrogens is 342 g/mol. The van der Waals surface area contributed by atoms with E-state index >= 15 is 0 Å². The molecule has 0 heterocycles. The largest absolute Gasteiger partial charge is 0.360 e. The lowest BCUT2D eigenvalue weighted by Crippen LogP contribution is -2.57. The molecule has 2 atom stereocenters. The Bertz CT molecular complexity index is 427. The Balaban J connectivity index is 0. The number of rotatable bonds is 6. The molecule has 3 N–H and O–H groups in total. The zero-order valence-electron chi connectivity index (χ0n) is 10.00.